The molecule has 1 aromatic heterocycles. The summed E-state index contributed by atoms with van der Waals surface area (Å²) in [4.78, 5) is 12.5. The van der Waals surface area contributed by atoms with E-state index in [0.29, 0.717) is 11.0 Å². The summed E-state index contributed by atoms with van der Waals surface area (Å²) in [7, 11) is 1.73. The largest absolute Gasteiger partial charge is 0.481 e. The zero-order valence-electron chi connectivity index (χ0n) is 8.34. The number of rotatable bonds is 2. The van der Waals surface area contributed by atoms with Crippen molar-refractivity contribution < 1.29 is 9.90 Å². The fourth-order valence-corrected chi connectivity index (χ4v) is 2.38. The average Bonchev–Trinajstić information content (AvgIpc) is 2.71. The molecule has 2 heterocycles. The van der Waals surface area contributed by atoms with Crippen LogP contribution in [0.15, 0.2) is 23.5 Å². The van der Waals surface area contributed by atoms with Crippen molar-refractivity contribution in [1.29, 1.82) is 0 Å². The number of alkyl halides is 1. The highest BCUT2D eigenvalue weighted by atomic mass is 35.5. The number of anilines is 1. The maximum Gasteiger partial charge on any atom is 0.313 e. The van der Waals surface area contributed by atoms with E-state index < -0.39 is 17.4 Å². The third-order valence-electron chi connectivity index (χ3n) is 2.42. The van der Waals surface area contributed by atoms with E-state index in [1.54, 1.807) is 24.0 Å². The van der Waals surface area contributed by atoms with Crippen LogP contribution in [-0.2, 0) is 11.8 Å². The summed E-state index contributed by atoms with van der Waals surface area (Å²) >= 11 is 12.0. The first-order chi connectivity index (χ1) is 7.52. The first kappa shape index (κ1) is 11.3. The predicted molar refractivity (Wildman–Crippen MR) is 60.4 cm³/mol. The maximum absolute atomic E-state index is 10.9. The molecule has 2 atom stereocenters. The van der Waals surface area contributed by atoms with Crippen LogP contribution < -0.4 is 4.90 Å². The Hall–Kier alpha value is -1.20. The number of hydrogen-bond acceptors (Lipinski definition) is 3. The Labute approximate surface area is 102 Å². The van der Waals surface area contributed by atoms with Gasteiger partial charge in [-0.1, -0.05) is 23.2 Å². The summed E-state index contributed by atoms with van der Waals surface area (Å²) in [5, 5.41) is 13.2. The number of aliphatic carboxylic acids is 1. The number of aromatic nitrogens is 2. The van der Waals surface area contributed by atoms with Crippen LogP contribution in [0.25, 0.3) is 0 Å². The third-order valence-corrected chi connectivity index (χ3v) is 3.19. The van der Waals surface area contributed by atoms with Crippen LogP contribution in [0.3, 0.4) is 0 Å². The molecule has 0 saturated heterocycles. The standard InChI is InChI=1S/C9H9Cl2N3O2/c1-13-7(2-3-12-13)14-6(10)4-5(8(14)11)9(15)16/h2-5,8H,1H3,(H,15,16). The number of halogens is 2. The quantitative estimate of drug-likeness (QED) is 0.649. The van der Waals surface area contributed by atoms with Gasteiger partial charge in [-0.2, -0.15) is 5.10 Å². The second-order valence-corrected chi connectivity index (χ2v) is 4.24. The molecule has 0 spiro atoms. The molecule has 1 N–H and O–H groups in total. The van der Waals surface area contributed by atoms with Crippen molar-refractivity contribution >= 4 is 35.0 Å². The van der Waals surface area contributed by atoms with Gasteiger partial charge in [0.1, 0.15) is 22.4 Å². The molecule has 5 nitrogen and oxygen atoms in total. The Morgan fingerprint density at radius 1 is 1.62 bits per heavy atom. The Morgan fingerprint density at radius 2 is 2.31 bits per heavy atom. The average molecular weight is 262 g/mol. The molecule has 2 unspecified atom stereocenters. The molecule has 0 bridgehead atoms. The van der Waals surface area contributed by atoms with Crippen molar-refractivity contribution in [3.63, 3.8) is 0 Å². The van der Waals surface area contributed by atoms with Crippen LogP contribution in [0, 0.1) is 5.92 Å². The summed E-state index contributed by atoms with van der Waals surface area (Å²) in [5.74, 6) is -1.16. The van der Waals surface area contributed by atoms with Gasteiger partial charge in [0.25, 0.3) is 0 Å². The van der Waals surface area contributed by atoms with Gasteiger partial charge < -0.3 is 5.11 Å². The number of aryl methyl sites for hydroxylation is 1. The summed E-state index contributed by atoms with van der Waals surface area (Å²) < 4.78 is 1.58. The number of carboxylic acids is 1. The van der Waals surface area contributed by atoms with Crippen molar-refractivity contribution in [3.05, 3.63) is 23.5 Å². The van der Waals surface area contributed by atoms with Gasteiger partial charge in [0.05, 0.1) is 6.20 Å². The lowest BCUT2D eigenvalue weighted by molar-refractivity contribution is -0.139. The molecule has 0 aliphatic carbocycles. The highest BCUT2D eigenvalue weighted by Crippen LogP contribution is 2.36. The third kappa shape index (κ3) is 1.66. The van der Waals surface area contributed by atoms with E-state index >= 15 is 0 Å². The molecule has 0 fully saturated rings. The molecule has 16 heavy (non-hydrogen) atoms. The summed E-state index contributed by atoms with van der Waals surface area (Å²) in [5.41, 5.74) is -0.736. The number of carboxylic acid groups (broad SMARTS) is 1. The van der Waals surface area contributed by atoms with E-state index in [4.69, 9.17) is 28.3 Å². The van der Waals surface area contributed by atoms with E-state index in [-0.39, 0.29) is 0 Å². The molecule has 2 rings (SSSR count). The Bertz CT molecular complexity index is 457. The van der Waals surface area contributed by atoms with Crippen LogP contribution >= 0.6 is 23.2 Å². The predicted octanol–water partition coefficient (Wildman–Crippen LogP) is 1.59. The van der Waals surface area contributed by atoms with Crippen molar-refractivity contribution in [3.8, 4) is 0 Å². The first-order valence-electron chi connectivity index (χ1n) is 4.54. The molecule has 0 radical (unpaired) electrons. The minimum Gasteiger partial charge on any atom is -0.481 e. The molecular formula is C9H9Cl2N3O2. The normalized spacial score (nSPS) is 24.7. The van der Waals surface area contributed by atoms with Crippen molar-refractivity contribution in [2.24, 2.45) is 13.0 Å². The Kier molecular flexibility index (Phi) is 2.82. The molecule has 0 amide bonds. The van der Waals surface area contributed by atoms with E-state index in [0.717, 1.165) is 0 Å². The number of nitrogens with zero attached hydrogens (tertiary/aromatic N) is 3. The van der Waals surface area contributed by atoms with E-state index in [2.05, 4.69) is 5.10 Å². The fourth-order valence-electron chi connectivity index (χ4n) is 1.61. The second-order valence-electron chi connectivity index (χ2n) is 3.41. The van der Waals surface area contributed by atoms with Gasteiger partial charge in [0.15, 0.2) is 0 Å². The minimum atomic E-state index is -0.997. The minimum absolute atomic E-state index is 0.302. The fraction of sp³-hybridized carbons (Fsp3) is 0.333. The topological polar surface area (TPSA) is 58.4 Å². The molecule has 0 aromatic carbocycles. The van der Waals surface area contributed by atoms with Gasteiger partial charge >= 0.3 is 5.97 Å². The van der Waals surface area contributed by atoms with Gasteiger partial charge in [0.2, 0.25) is 0 Å². The molecular weight excluding hydrogens is 253 g/mol. The van der Waals surface area contributed by atoms with Gasteiger partial charge in [-0.3, -0.25) is 14.4 Å². The van der Waals surface area contributed by atoms with Crippen molar-refractivity contribution in [1.82, 2.24) is 9.78 Å². The van der Waals surface area contributed by atoms with Crippen molar-refractivity contribution in [2.45, 2.75) is 5.50 Å². The van der Waals surface area contributed by atoms with Crippen molar-refractivity contribution in [2.75, 3.05) is 4.90 Å². The monoisotopic (exact) mass is 261 g/mol. The second kappa shape index (κ2) is 3.99. The highest BCUT2D eigenvalue weighted by molar-refractivity contribution is 6.34. The molecule has 1 aliphatic rings. The summed E-state index contributed by atoms with van der Waals surface area (Å²) in [6, 6.07) is 1.72. The van der Waals surface area contributed by atoms with Crippen LogP contribution in [0.4, 0.5) is 5.82 Å². The molecule has 0 saturated carbocycles. The van der Waals surface area contributed by atoms with E-state index in [1.807, 2.05) is 0 Å². The maximum atomic E-state index is 10.9. The summed E-state index contributed by atoms with van der Waals surface area (Å²) in [6.07, 6.45) is 3.02. The molecule has 7 heteroatoms. The lowest BCUT2D eigenvalue weighted by atomic mass is 10.2. The van der Waals surface area contributed by atoms with E-state index in [9.17, 15) is 4.79 Å². The summed E-state index contributed by atoms with van der Waals surface area (Å²) in [6.45, 7) is 0. The van der Waals surface area contributed by atoms with Gasteiger partial charge in [-0.25, -0.2) is 0 Å². The van der Waals surface area contributed by atoms with Gasteiger partial charge in [0, 0.05) is 13.1 Å². The zero-order chi connectivity index (χ0) is 11.9. The van der Waals surface area contributed by atoms with Crippen LogP contribution in [0.2, 0.25) is 0 Å². The SMILES string of the molecule is Cn1nccc1N1C(Cl)=CC(C(=O)O)C1Cl. The van der Waals surface area contributed by atoms with Gasteiger partial charge in [-0.15, -0.1) is 0 Å². The lowest BCUT2D eigenvalue weighted by Crippen LogP contribution is -2.32. The van der Waals surface area contributed by atoms with E-state index in [1.165, 1.54) is 11.0 Å². The highest BCUT2D eigenvalue weighted by Gasteiger charge is 2.38. The molecule has 1 aromatic rings. The Morgan fingerprint density at radius 3 is 2.75 bits per heavy atom. The zero-order valence-corrected chi connectivity index (χ0v) is 9.85. The van der Waals surface area contributed by atoms with Crippen LogP contribution in [0.5, 0.6) is 0 Å². The molecule has 1 aliphatic heterocycles. The number of hydrogen-bond donors (Lipinski definition) is 1. The lowest BCUT2D eigenvalue weighted by Gasteiger charge is -2.24. The number of carbonyl (C=O) groups is 1. The molecule has 86 valence electrons. The first-order valence-corrected chi connectivity index (χ1v) is 5.35. The Balaban J connectivity index is 2.35. The van der Waals surface area contributed by atoms with Gasteiger partial charge in [-0.05, 0) is 6.08 Å². The smallest absolute Gasteiger partial charge is 0.313 e. The van der Waals surface area contributed by atoms with Crippen LogP contribution in [-0.4, -0.2) is 26.4 Å². The van der Waals surface area contributed by atoms with Crippen LogP contribution in [0.1, 0.15) is 0 Å².